The van der Waals surface area contributed by atoms with Crippen molar-refractivity contribution in [2.24, 2.45) is 5.92 Å². The van der Waals surface area contributed by atoms with Crippen LogP contribution in [0.1, 0.15) is 35.7 Å². The second-order valence-electron chi connectivity index (χ2n) is 7.35. The van der Waals surface area contributed by atoms with E-state index in [1.807, 2.05) is 60.4 Å². The first kappa shape index (κ1) is 17.5. The highest BCUT2D eigenvalue weighted by Gasteiger charge is 2.22. The Kier molecular flexibility index (Phi) is 4.75. The number of aromatic nitrogens is 2. The Bertz CT molecular complexity index is 929. The van der Waals surface area contributed by atoms with Gasteiger partial charge in [-0.2, -0.15) is 0 Å². The van der Waals surface area contributed by atoms with Crippen molar-refractivity contribution in [1.29, 1.82) is 0 Å². The van der Waals surface area contributed by atoms with Gasteiger partial charge in [0.1, 0.15) is 0 Å². The van der Waals surface area contributed by atoms with E-state index in [0.29, 0.717) is 23.3 Å². The number of rotatable bonds is 3. The van der Waals surface area contributed by atoms with Gasteiger partial charge in [-0.05, 0) is 62.1 Å². The quantitative estimate of drug-likeness (QED) is 0.685. The Morgan fingerprint density at radius 3 is 2.19 bits per heavy atom. The number of hydrogen-bond acceptors (Lipinski definition) is 4. The molecule has 5 nitrogen and oxygen atoms in total. The van der Waals surface area contributed by atoms with Gasteiger partial charge in [-0.3, -0.25) is 4.79 Å². The molecule has 1 atom stereocenters. The molecule has 1 amide bonds. The summed E-state index contributed by atoms with van der Waals surface area (Å²) in [6.07, 6.45) is 2.28. The lowest BCUT2D eigenvalue weighted by Gasteiger charge is -2.31. The molecular formula is C22H23N3O2. The van der Waals surface area contributed by atoms with Crippen molar-refractivity contribution in [3.63, 3.8) is 0 Å². The van der Waals surface area contributed by atoms with Crippen molar-refractivity contribution >= 4 is 5.91 Å². The number of nitrogens with zero attached hydrogens (tertiary/aromatic N) is 3. The van der Waals surface area contributed by atoms with Crippen LogP contribution in [-0.2, 0) is 0 Å². The van der Waals surface area contributed by atoms with Gasteiger partial charge in [0.05, 0.1) is 0 Å². The van der Waals surface area contributed by atoms with Crippen LogP contribution in [0, 0.1) is 12.8 Å². The second kappa shape index (κ2) is 7.35. The number of hydrogen-bond donors (Lipinski definition) is 0. The van der Waals surface area contributed by atoms with Gasteiger partial charge >= 0.3 is 0 Å². The number of amides is 1. The molecule has 138 valence electrons. The highest BCUT2D eigenvalue weighted by molar-refractivity contribution is 5.94. The maximum Gasteiger partial charge on any atom is 0.253 e. The van der Waals surface area contributed by atoms with Crippen LogP contribution in [-0.4, -0.2) is 34.1 Å². The normalized spacial score (nSPS) is 17.1. The number of aryl methyl sites for hydroxylation is 1. The summed E-state index contributed by atoms with van der Waals surface area (Å²) in [6, 6.07) is 15.4. The van der Waals surface area contributed by atoms with E-state index in [1.165, 1.54) is 12.0 Å². The Hall–Kier alpha value is -2.95. The summed E-state index contributed by atoms with van der Waals surface area (Å²) in [5.41, 5.74) is 3.59. The van der Waals surface area contributed by atoms with Crippen LogP contribution >= 0.6 is 0 Å². The molecule has 27 heavy (non-hydrogen) atoms. The van der Waals surface area contributed by atoms with Crippen LogP contribution in [0.15, 0.2) is 52.9 Å². The van der Waals surface area contributed by atoms with E-state index in [1.54, 1.807) is 0 Å². The number of benzene rings is 2. The summed E-state index contributed by atoms with van der Waals surface area (Å²) >= 11 is 0. The summed E-state index contributed by atoms with van der Waals surface area (Å²) < 4.78 is 5.81. The molecule has 3 aromatic rings. The molecule has 1 fully saturated rings. The molecule has 0 radical (unpaired) electrons. The maximum atomic E-state index is 12.7. The molecule has 1 unspecified atom stereocenters. The molecule has 1 aliphatic rings. The van der Waals surface area contributed by atoms with E-state index in [-0.39, 0.29) is 5.91 Å². The van der Waals surface area contributed by atoms with Crippen molar-refractivity contribution in [2.45, 2.75) is 26.7 Å². The van der Waals surface area contributed by atoms with Crippen LogP contribution in [0.4, 0.5) is 0 Å². The minimum absolute atomic E-state index is 0.0963. The first-order valence-corrected chi connectivity index (χ1v) is 9.40. The highest BCUT2D eigenvalue weighted by Crippen LogP contribution is 2.25. The van der Waals surface area contributed by atoms with Gasteiger partial charge in [-0.15, -0.1) is 10.2 Å². The van der Waals surface area contributed by atoms with E-state index >= 15 is 0 Å². The molecule has 1 aromatic heterocycles. The minimum atomic E-state index is 0.0963. The van der Waals surface area contributed by atoms with Gasteiger partial charge in [0, 0.05) is 29.8 Å². The molecule has 2 aromatic carbocycles. The van der Waals surface area contributed by atoms with Crippen molar-refractivity contribution in [3.05, 3.63) is 59.7 Å². The molecule has 0 N–H and O–H groups in total. The number of carbonyl (C=O) groups excluding carboxylic acids is 1. The Morgan fingerprint density at radius 2 is 1.59 bits per heavy atom. The van der Waals surface area contributed by atoms with Gasteiger partial charge in [0.25, 0.3) is 5.91 Å². The third-order valence-electron chi connectivity index (χ3n) is 5.05. The van der Waals surface area contributed by atoms with Crippen molar-refractivity contribution < 1.29 is 9.21 Å². The van der Waals surface area contributed by atoms with Crippen molar-refractivity contribution in [1.82, 2.24) is 15.1 Å². The average molecular weight is 361 g/mol. The van der Waals surface area contributed by atoms with Gasteiger partial charge < -0.3 is 9.32 Å². The molecule has 0 bridgehead atoms. The first-order chi connectivity index (χ1) is 13.1. The zero-order valence-corrected chi connectivity index (χ0v) is 15.7. The predicted molar refractivity (Wildman–Crippen MR) is 104 cm³/mol. The van der Waals surface area contributed by atoms with Crippen LogP contribution in [0.3, 0.4) is 0 Å². The second-order valence-corrected chi connectivity index (χ2v) is 7.35. The van der Waals surface area contributed by atoms with Gasteiger partial charge in [-0.25, -0.2) is 0 Å². The summed E-state index contributed by atoms with van der Waals surface area (Å²) in [5, 5.41) is 8.29. The number of likely N-dealkylation sites (tertiary alicyclic amines) is 1. The lowest BCUT2D eigenvalue weighted by Crippen LogP contribution is -2.39. The topological polar surface area (TPSA) is 59.2 Å². The molecule has 0 saturated carbocycles. The first-order valence-electron chi connectivity index (χ1n) is 9.40. The fourth-order valence-corrected chi connectivity index (χ4v) is 3.46. The third kappa shape index (κ3) is 3.77. The fourth-order valence-electron chi connectivity index (χ4n) is 3.46. The standard InChI is InChI=1S/C22H23N3O2/c1-15-5-7-17(8-6-15)20-23-24-21(27-20)18-9-11-19(12-10-18)22(26)25-13-3-4-16(2)14-25/h5-12,16H,3-4,13-14H2,1-2H3. The Morgan fingerprint density at radius 1 is 1.00 bits per heavy atom. The maximum absolute atomic E-state index is 12.7. The summed E-state index contributed by atoms with van der Waals surface area (Å²) in [7, 11) is 0. The molecule has 2 heterocycles. The Balaban J connectivity index is 1.51. The number of piperidine rings is 1. The fraction of sp³-hybridized carbons (Fsp3) is 0.318. The van der Waals surface area contributed by atoms with E-state index in [2.05, 4.69) is 17.1 Å². The highest BCUT2D eigenvalue weighted by atomic mass is 16.4. The van der Waals surface area contributed by atoms with Gasteiger partial charge in [0.2, 0.25) is 11.8 Å². The van der Waals surface area contributed by atoms with Crippen molar-refractivity contribution in [3.8, 4) is 22.9 Å². The summed E-state index contributed by atoms with van der Waals surface area (Å²) in [6.45, 7) is 5.92. The monoisotopic (exact) mass is 361 g/mol. The van der Waals surface area contributed by atoms with E-state index < -0.39 is 0 Å². The zero-order chi connectivity index (χ0) is 18.8. The third-order valence-corrected chi connectivity index (χ3v) is 5.05. The smallest absolute Gasteiger partial charge is 0.253 e. The van der Waals surface area contributed by atoms with E-state index in [4.69, 9.17) is 4.42 Å². The molecule has 1 aliphatic heterocycles. The van der Waals surface area contributed by atoms with Gasteiger partial charge in [0.15, 0.2) is 0 Å². The Labute approximate surface area is 159 Å². The summed E-state index contributed by atoms with van der Waals surface area (Å²) in [4.78, 5) is 14.6. The van der Waals surface area contributed by atoms with Crippen LogP contribution in [0.2, 0.25) is 0 Å². The van der Waals surface area contributed by atoms with Crippen LogP contribution in [0.25, 0.3) is 22.9 Å². The van der Waals surface area contributed by atoms with E-state index in [0.717, 1.165) is 30.6 Å². The SMILES string of the molecule is Cc1ccc(-c2nnc(-c3ccc(C(=O)N4CCCC(C)C4)cc3)o2)cc1. The lowest BCUT2D eigenvalue weighted by atomic mass is 9.99. The molecular weight excluding hydrogens is 338 g/mol. The molecule has 5 heteroatoms. The molecule has 0 spiro atoms. The number of carbonyl (C=O) groups is 1. The van der Waals surface area contributed by atoms with E-state index in [9.17, 15) is 4.79 Å². The summed E-state index contributed by atoms with van der Waals surface area (Å²) in [5.74, 6) is 1.61. The average Bonchev–Trinajstić information content (AvgIpc) is 3.18. The zero-order valence-electron chi connectivity index (χ0n) is 15.7. The van der Waals surface area contributed by atoms with Crippen molar-refractivity contribution in [2.75, 3.05) is 13.1 Å². The molecule has 0 aliphatic carbocycles. The van der Waals surface area contributed by atoms with Crippen LogP contribution < -0.4 is 0 Å². The molecule has 4 rings (SSSR count). The molecule has 1 saturated heterocycles. The van der Waals surface area contributed by atoms with Gasteiger partial charge in [-0.1, -0.05) is 24.6 Å². The predicted octanol–water partition coefficient (Wildman–Crippen LogP) is 4.58. The minimum Gasteiger partial charge on any atom is -0.416 e. The largest absolute Gasteiger partial charge is 0.416 e. The lowest BCUT2D eigenvalue weighted by molar-refractivity contribution is 0.0683. The van der Waals surface area contributed by atoms with Crippen LogP contribution in [0.5, 0.6) is 0 Å².